The van der Waals surface area contributed by atoms with Gasteiger partial charge in [-0.25, -0.2) is 13.2 Å². The number of amides is 1. The Morgan fingerprint density at radius 1 is 1.27 bits per heavy atom. The Labute approximate surface area is 171 Å². The van der Waals surface area contributed by atoms with Crippen molar-refractivity contribution in [3.63, 3.8) is 0 Å². The minimum Gasteiger partial charge on any atom is -0.504 e. The molecule has 3 atom stereocenters. The number of aliphatic carboxylic acids is 1. The number of aromatic nitrogens is 1. The zero-order valence-electron chi connectivity index (χ0n) is 15.8. The third-order valence-electron chi connectivity index (χ3n) is 5.15. The van der Waals surface area contributed by atoms with Crippen LogP contribution < -0.4 is 0 Å². The summed E-state index contributed by atoms with van der Waals surface area (Å²) in [6.45, 7) is 2.68. The van der Waals surface area contributed by atoms with E-state index in [2.05, 4.69) is 5.16 Å². The smallest absolute Gasteiger partial charge is 0.328 e. The summed E-state index contributed by atoms with van der Waals surface area (Å²) in [5, 5.41) is 32.2. The van der Waals surface area contributed by atoms with Crippen LogP contribution in [0.15, 0.2) is 28.8 Å². The lowest BCUT2D eigenvalue weighted by Crippen LogP contribution is -2.65. The van der Waals surface area contributed by atoms with Crippen molar-refractivity contribution in [1.29, 1.82) is 0 Å². The first-order chi connectivity index (χ1) is 14.0. The SMILES string of the molecule is C[C@@H]1CC(=O)N1[C@@H](C(=O)O)[C@](C)(c1cc(C(=O)c2ccc(O)c(O)c2)on1)[SH](=O)=O. The van der Waals surface area contributed by atoms with Crippen molar-refractivity contribution in [2.24, 2.45) is 0 Å². The highest BCUT2D eigenvalue weighted by Crippen LogP contribution is 2.37. The van der Waals surface area contributed by atoms with Crippen molar-refractivity contribution in [3.05, 3.63) is 41.3 Å². The van der Waals surface area contributed by atoms with E-state index in [0.717, 1.165) is 30.0 Å². The number of carboxylic acids is 1. The number of β-lactam (4-membered cyclic amide) rings is 1. The quantitative estimate of drug-likeness (QED) is 0.202. The molecule has 1 aromatic heterocycles. The molecule has 1 aliphatic heterocycles. The molecule has 0 bridgehead atoms. The molecule has 3 N–H and O–H groups in total. The number of phenols is 2. The van der Waals surface area contributed by atoms with Gasteiger partial charge in [0.1, 0.15) is 10.4 Å². The molecule has 2 aromatic rings. The summed E-state index contributed by atoms with van der Waals surface area (Å²) in [4.78, 5) is 37.4. The Balaban J connectivity index is 2.04. The molecule has 11 nitrogen and oxygen atoms in total. The number of aromatic hydroxyl groups is 2. The van der Waals surface area contributed by atoms with Gasteiger partial charge in [-0.2, -0.15) is 0 Å². The summed E-state index contributed by atoms with van der Waals surface area (Å²) < 4.78 is 27.1. The Morgan fingerprint density at radius 3 is 2.43 bits per heavy atom. The largest absolute Gasteiger partial charge is 0.504 e. The van der Waals surface area contributed by atoms with E-state index < -0.39 is 62.5 Å². The van der Waals surface area contributed by atoms with Crippen molar-refractivity contribution in [1.82, 2.24) is 10.1 Å². The minimum absolute atomic E-state index is 0.0810. The molecular weight excluding hydrogens is 420 g/mol. The summed E-state index contributed by atoms with van der Waals surface area (Å²) in [5.41, 5.74) is -0.438. The minimum atomic E-state index is -3.49. The van der Waals surface area contributed by atoms with Crippen LogP contribution in [0.1, 0.15) is 42.1 Å². The fourth-order valence-corrected chi connectivity index (χ4v) is 4.11. The molecule has 12 heteroatoms. The van der Waals surface area contributed by atoms with Crippen LogP contribution in [0.3, 0.4) is 0 Å². The highest BCUT2D eigenvalue weighted by Gasteiger charge is 2.55. The van der Waals surface area contributed by atoms with Crippen LogP contribution in [0.5, 0.6) is 11.5 Å². The first-order valence-electron chi connectivity index (χ1n) is 8.70. The van der Waals surface area contributed by atoms with E-state index >= 15 is 0 Å². The summed E-state index contributed by atoms with van der Waals surface area (Å²) in [6, 6.07) is 1.99. The van der Waals surface area contributed by atoms with E-state index in [1.807, 2.05) is 0 Å². The van der Waals surface area contributed by atoms with Gasteiger partial charge in [-0.05, 0) is 32.0 Å². The molecule has 30 heavy (non-hydrogen) atoms. The van der Waals surface area contributed by atoms with Gasteiger partial charge in [0, 0.05) is 24.1 Å². The van der Waals surface area contributed by atoms with Crippen LogP contribution >= 0.6 is 0 Å². The van der Waals surface area contributed by atoms with Gasteiger partial charge in [0.05, 0.1) is 0 Å². The lowest BCUT2D eigenvalue weighted by molar-refractivity contribution is -0.163. The molecule has 2 heterocycles. The molecule has 0 unspecified atom stereocenters. The fraction of sp³-hybridized carbons (Fsp3) is 0.333. The van der Waals surface area contributed by atoms with E-state index in [-0.39, 0.29) is 17.7 Å². The van der Waals surface area contributed by atoms with Crippen molar-refractivity contribution >= 4 is 28.4 Å². The second kappa shape index (κ2) is 7.44. The molecule has 0 spiro atoms. The summed E-state index contributed by atoms with van der Waals surface area (Å²) >= 11 is 0. The van der Waals surface area contributed by atoms with E-state index in [1.54, 1.807) is 6.92 Å². The predicted molar refractivity (Wildman–Crippen MR) is 99.7 cm³/mol. The van der Waals surface area contributed by atoms with Crippen LogP contribution in [-0.2, 0) is 25.0 Å². The molecule has 1 saturated heterocycles. The number of ketones is 1. The second-order valence-corrected chi connectivity index (χ2v) is 8.55. The monoisotopic (exact) mass is 438 g/mol. The normalized spacial score (nSPS) is 19.2. The number of hydrogen-bond donors (Lipinski definition) is 4. The van der Waals surface area contributed by atoms with Gasteiger partial charge in [-0.1, -0.05) is 5.16 Å². The summed E-state index contributed by atoms with van der Waals surface area (Å²) in [7, 11) is -3.49. The number of rotatable bonds is 7. The average Bonchev–Trinajstić information content (AvgIpc) is 3.17. The highest BCUT2D eigenvalue weighted by atomic mass is 32.2. The lowest BCUT2D eigenvalue weighted by Gasteiger charge is -2.46. The molecule has 0 aliphatic carbocycles. The maximum Gasteiger partial charge on any atom is 0.328 e. The third kappa shape index (κ3) is 3.28. The zero-order valence-corrected chi connectivity index (χ0v) is 16.7. The zero-order chi connectivity index (χ0) is 22.4. The first kappa shape index (κ1) is 21.3. The molecule has 1 fully saturated rings. The number of likely N-dealkylation sites (tertiary alicyclic amines) is 1. The number of phenolic OH excluding ortho intramolecular Hbond substituents is 2. The molecule has 0 radical (unpaired) electrons. The van der Waals surface area contributed by atoms with Gasteiger partial charge >= 0.3 is 5.97 Å². The van der Waals surface area contributed by atoms with Crippen LogP contribution in [0.25, 0.3) is 0 Å². The van der Waals surface area contributed by atoms with E-state index in [1.165, 1.54) is 6.07 Å². The third-order valence-corrected chi connectivity index (χ3v) is 6.38. The molecule has 160 valence electrons. The molecular formula is C18H18N2O9S. The van der Waals surface area contributed by atoms with Crippen molar-refractivity contribution < 1.29 is 42.6 Å². The Kier molecular flexibility index (Phi) is 5.29. The number of carboxylic acid groups (broad SMARTS) is 1. The standard InChI is InChI=1S/C18H18N2O9S/c1-8-5-14(23)20(8)16(17(25)26)18(2,30(27)28)13-7-12(29-19-13)15(24)9-3-4-10(21)11(22)6-9/h3-4,6-8,16,21-22,30H,5H2,1-2H3,(H,25,26)/t8-,16+,18+/m1/s1. The molecule has 1 amide bonds. The number of carbonyl (C=O) groups is 3. The highest BCUT2D eigenvalue weighted by molar-refractivity contribution is 7.73. The second-order valence-electron chi connectivity index (χ2n) is 7.11. The number of thiol groups is 1. The summed E-state index contributed by atoms with van der Waals surface area (Å²) in [6.07, 6.45) is 0.0857. The van der Waals surface area contributed by atoms with Crippen LogP contribution in [0.2, 0.25) is 0 Å². The van der Waals surface area contributed by atoms with Crippen LogP contribution in [0.4, 0.5) is 0 Å². The van der Waals surface area contributed by atoms with Crippen LogP contribution in [0, 0.1) is 0 Å². The Bertz CT molecular complexity index is 1110. The molecule has 3 rings (SSSR count). The van der Waals surface area contributed by atoms with Gasteiger partial charge in [0.15, 0.2) is 28.2 Å². The summed E-state index contributed by atoms with van der Waals surface area (Å²) in [5.74, 6) is -4.26. The van der Waals surface area contributed by atoms with Crippen molar-refractivity contribution in [2.45, 2.75) is 37.1 Å². The van der Waals surface area contributed by atoms with Gasteiger partial charge in [0.2, 0.25) is 17.5 Å². The number of carbonyl (C=O) groups excluding carboxylic acids is 2. The van der Waals surface area contributed by atoms with Gasteiger partial charge < -0.3 is 24.7 Å². The topological polar surface area (TPSA) is 175 Å². The van der Waals surface area contributed by atoms with Crippen molar-refractivity contribution in [2.75, 3.05) is 0 Å². The van der Waals surface area contributed by atoms with Gasteiger partial charge in [0.25, 0.3) is 0 Å². The van der Waals surface area contributed by atoms with E-state index in [9.17, 15) is 38.1 Å². The molecule has 0 saturated carbocycles. The Hall–Kier alpha value is -3.41. The number of hydrogen-bond acceptors (Lipinski definition) is 9. The number of benzene rings is 1. The molecule has 1 aliphatic rings. The maximum absolute atomic E-state index is 12.6. The first-order valence-corrected chi connectivity index (χ1v) is 9.88. The average molecular weight is 438 g/mol. The lowest BCUT2D eigenvalue weighted by atomic mass is 9.89. The van der Waals surface area contributed by atoms with Gasteiger partial charge in [-0.15, -0.1) is 0 Å². The fourth-order valence-electron chi connectivity index (χ4n) is 3.38. The predicted octanol–water partition coefficient (Wildman–Crippen LogP) is 0.217. The molecule has 1 aromatic carbocycles. The van der Waals surface area contributed by atoms with Crippen molar-refractivity contribution in [3.8, 4) is 11.5 Å². The van der Waals surface area contributed by atoms with Gasteiger partial charge in [-0.3, -0.25) is 9.59 Å². The van der Waals surface area contributed by atoms with E-state index in [4.69, 9.17) is 4.52 Å². The van der Waals surface area contributed by atoms with Crippen LogP contribution in [-0.4, -0.2) is 63.5 Å². The van der Waals surface area contributed by atoms with E-state index in [0.29, 0.717) is 0 Å². The maximum atomic E-state index is 12.6. The Morgan fingerprint density at radius 2 is 1.93 bits per heavy atom. The number of nitrogens with zero attached hydrogens (tertiary/aromatic N) is 2.